The monoisotopic (exact) mass is 316 g/mol. The van der Waals surface area contributed by atoms with E-state index in [0.29, 0.717) is 24.9 Å². The summed E-state index contributed by atoms with van der Waals surface area (Å²) in [5.41, 5.74) is 0.691. The van der Waals surface area contributed by atoms with Crippen LogP contribution < -0.4 is 5.32 Å². The van der Waals surface area contributed by atoms with Crippen molar-refractivity contribution in [3.63, 3.8) is 0 Å². The van der Waals surface area contributed by atoms with Crippen LogP contribution in [0.5, 0.6) is 0 Å². The number of halogens is 3. The molecule has 2 N–H and O–H groups in total. The highest BCUT2D eigenvalue weighted by Crippen LogP contribution is 2.33. The fourth-order valence-electron chi connectivity index (χ4n) is 2.70. The van der Waals surface area contributed by atoms with Gasteiger partial charge in [-0.1, -0.05) is 29.8 Å². The number of aliphatic hydroxyl groups excluding tert-OH is 1. The van der Waals surface area contributed by atoms with Crippen LogP contribution in [0.1, 0.15) is 30.0 Å². The Hall–Kier alpha value is -1.76. The minimum absolute atomic E-state index is 0.000551. The molecule has 0 aliphatic carbocycles. The van der Waals surface area contributed by atoms with Crippen LogP contribution in [0.2, 0.25) is 0 Å². The Morgan fingerprint density at radius 1 is 1.50 bits per heavy atom. The van der Waals surface area contributed by atoms with Crippen molar-refractivity contribution in [1.29, 1.82) is 0 Å². The molecule has 0 aromatic heterocycles. The summed E-state index contributed by atoms with van der Waals surface area (Å²) in [6.07, 6.45) is -3.30. The molecule has 1 aromatic carbocycles. The van der Waals surface area contributed by atoms with E-state index in [1.807, 2.05) is 0 Å². The SMILES string of the molecule is Cc1cccc(C(NC(=O)N2CCC[C@H]2CO)C(F)(F)F)c1. The molecular weight excluding hydrogens is 297 g/mol. The number of urea groups is 1. The Kier molecular flexibility index (Phi) is 4.95. The van der Waals surface area contributed by atoms with Crippen LogP contribution in [0, 0.1) is 6.92 Å². The van der Waals surface area contributed by atoms with Gasteiger partial charge in [0.25, 0.3) is 0 Å². The second-order valence-electron chi connectivity index (χ2n) is 5.51. The Morgan fingerprint density at radius 3 is 2.82 bits per heavy atom. The second-order valence-corrected chi connectivity index (χ2v) is 5.51. The van der Waals surface area contributed by atoms with Crippen LogP contribution >= 0.6 is 0 Å². The van der Waals surface area contributed by atoms with Crippen LogP contribution in [-0.4, -0.2) is 41.4 Å². The van der Waals surface area contributed by atoms with E-state index in [2.05, 4.69) is 5.32 Å². The van der Waals surface area contributed by atoms with E-state index >= 15 is 0 Å². The average Bonchev–Trinajstić information content (AvgIpc) is 2.91. The smallest absolute Gasteiger partial charge is 0.394 e. The Morgan fingerprint density at radius 2 is 2.23 bits per heavy atom. The van der Waals surface area contributed by atoms with Crippen LogP contribution in [0.3, 0.4) is 0 Å². The van der Waals surface area contributed by atoms with Crippen LogP contribution in [-0.2, 0) is 0 Å². The molecule has 1 aliphatic heterocycles. The van der Waals surface area contributed by atoms with Crippen molar-refractivity contribution in [2.24, 2.45) is 0 Å². The molecule has 1 aliphatic rings. The molecule has 2 amide bonds. The first-order chi connectivity index (χ1) is 10.3. The number of benzene rings is 1. The van der Waals surface area contributed by atoms with Crippen molar-refractivity contribution in [3.8, 4) is 0 Å². The molecule has 0 spiro atoms. The van der Waals surface area contributed by atoms with Crippen molar-refractivity contribution in [3.05, 3.63) is 35.4 Å². The lowest BCUT2D eigenvalue weighted by molar-refractivity contribution is -0.155. The number of rotatable bonds is 3. The van der Waals surface area contributed by atoms with E-state index in [0.717, 1.165) is 0 Å². The second kappa shape index (κ2) is 6.56. The number of alkyl halides is 3. The van der Waals surface area contributed by atoms with Gasteiger partial charge in [-0.2, -0.15) is 13.2 Å². The Balaban J connectivity index is 2.19. The number of nitrogens with one attached hydrogen (secondary N) is 1. The van der Waals surface area contributed by atoms with Crippen molar-refractivity contribution >= 4 is 6.03 Å². The van der Waals surface area contributed by atoms with E-state index in [1.165, 1.54) is 23.1 Å². The van der Waals surface area contributed by atoms with Gasteiger partial charge in [-0.3, -0.25) is 0 Å². The summed E-state index contributed by atoms with van der Waals surface area (Å²) in [5, 5.41) is 11.2. The molecule has 22 heavy (non-hydrogen) atoms. The van der Waals surface area contributed by atoms with Gasteiger partial charge in [0.1, 0.15) is 0 Å². The largest absolute Gasteiger partial charge is 0.412 e. The number of carbonyl (C=O) groups excluding carboxylic acids is 1. The molecular formula is C15H19F3N2O2. The minimum atomic E-state index is -4.59. The molecule has 2 atom stereocenters. The van der Waals surface area contributed by atoms with Crippen molar-refractivity contribution < 1.29 is 23.1 Å². The van der Waals surface area contributed by atoms with E-state index in [9.17, 15) is 23.1 Å². The topological polar surface area (TPSA) is 52.6 Å². The standard InChI is InChI=1S/C15H19F3N2O2/c1-10-4-2-5-11(8-10)13(15(16,17)18)19-14(22)20-7-3-6-12(20)9-21/h2,4-5,8,12-13,21H,3,6-7,9H2,1H3,(H,19,22)/t12-,13?/m0/s1. The lowest BCUT2D eigenvalue weighted by Gasteiger charge is -2.28. The van der Waals surface area contributed by atoms with Gasteiger partial charge in [-0.25, -0.2) is 4.79 Å². The molecule has 1 fully saturated rings. The number of amides is 2. The third-order valence-electron chi connectivity index (χ3n) is 3.82. The Labute approximate surface area is 126 Å². The van der Waals surface area contributed by atoms with E-state index in [-0.39, 0.29) is 12.2 Å². The zero-order valence-corrected chi connectivity index (χ0v) is 12.2. The van der Waals surface area contributed by atoms with Crippen LogP contribution in [0.4, 0.5) is 18.0 Å². The van der Waals surface area contributed by atoms with Gasteiger partial charge in [-0.05, 0) is 25.3 Å². The number of nitrogens with zero attached hydrogens (tertiary/aromatic N) is 1. The highest BCUT2D eigenvalue weighted by Gasteiger charge is 2.43. The average molecular weight is 316 g/mol. The Bertz CT molecular complexity index is 534. The first-order valence-corrected chi connectivity index (χ1v) is 7.14. The quantitative estimate of drug-likeness (QED) is 0.901. The van der Waals surface area contributed by atoms with Gasteiger partial charge < -0.3 is 15.3 Å². The summed E-state index contributed by atoms with van der Waals surface area (Å²) in [4.78, 5) is 13.4. The molecule has 1 heterocycles. The number of hydrogen-bond donors (Lipinski definition) is 2. The van der Waals surface area contributed by atoms with Crippen molar-refractivity contribution in [2.45, 2.75) is 38.0 Å². The number of aryl methyl sites for hydroxylation is 1. The molecule has 1 saturated heterocycles. The van der Waals surface area contributed by atoms with Gasteiger partial charge in [-0.15, -0.1) is 0 Å². The normalized spacial score (nSPS) is 20.0. The third-order valence-corrected chi connectivity index (χ3v) is 3.82. The van der Waals surface area contributed by atoms with Gasteiger partial charge in [0.2, 0.25) is 0 Å². The molecule has 1 aromatic rings. The fraction of sp³-hybridized carbons (Fsp3) is 0.533. The lowest BCUT2D eigenvalue weighted by atomic mass is 10.0. The summed E-state index contributed by atoms with van der Waals surface area (Å²) in [6.45, 7) is 1.81. The number of likely N-dealkylation sites (tertiary alicyclic amines) is 1. The third kappa shape index (κ3) is 3.71. The molecule has 122 valence electrons. The van der Waals surface area contributed by atoms with Crippen LogP contribution in [0.15, 0.2) is 24.3 Å². The number of aliphatic hydroxyl groups is 1. The van der Waals surface area contributed by atoms with Crippen molar-refractivity contribution in [2.75, 3.05) is 13.2 Å². The highest BCUT2D eigenvalue weighted by atomic mass is 19.4. The lowest BCUT2D eigenvalue weighted by Crippen LogP contribution is -2.48. The summed E-state index contributed by atoms with van der Waals surface area (Å²) in [7, 11) is 0. The molecule has 4 nitrogen and oxygen atoms in total. The van der Waals surface area contributed by atoms with Gasteiger partial charge in [0, 0.05) is 6.54 Å². The first-order valence-electron chi connectivity index (χ1n) is 7.14. The summed E-state index contributed by atoms with van der Waals surface area (Å²) < 4.78 is 39.8. The maximum atomic E-state index is 13.3. The summed E-state index contributed by atoms with van der Waals surface area (Å²) in [5.74, 6) is 0. The molecule has 0 radical (unpaired) electrons. The molecule has 1 unspecified atom stereocenters. The van der Waals surface area contributed by atoms with E-state index in [4.69, 9.17) is 0 Å². The molecule has 0 saturated carbocycles. The summed E-state index contributed by atoms with van der Waals surface area (Å²) in [6, 6.07) is 2.72. The fourth-order valence-corrected chi connectivity index (χ4v) is 2.70. The number of carbonyl (C=O) groups is 1. The maximum absolute atomic E-state index is 13.3. The highest BCUT2D eigenvalue weighted by molar-refractivity contribution is 5.75. The van der Waals surface area contributed by atoms with Crippen LogP contribution in [0.25, 0.3) is 0 Å². The predicted octanol–water partition coefficient (Wildman–Crippen LogP) is 2.76. The zero-order valence-electron chi connectivity index (χ0n) is 12.2. The molecule has 2 rings (SSSR count). The zero-order chi connectivity index (χ0) is 16.3. The molecule has 0 bridgehead atoms. The van der Waals surface area contributed by atoms with Crippen molar-refractivity contribution in [1.82, 2.24) is 10.2 Å². The first kappa shape index (κ1) is 16.6. The van der Waals surface area contributed by atoms with Gasteiger partial charge >= 0.3 is 12.2 Å². The predicted molar refractivity (Wildman–Crippen MR) is 75.3 cm³/mol. The molecule has 7 heteroatoms. The minimum Gasteiger partial charge on any atom is -0.394 e. The number of hydrogen-bond acceptors (Lipinski definition) is 2. The maximum Gasteiger partial charge on any atom is 0.412 e. The van der Waals surface area contributed by atoms with E-state index < -0.39 is 24.3 Å². The summed E-state index contributed by atoms with van der Waals surface area (Å²) >= 11 is 0. The van der Waals surface area contributed by atoms with E-state index in [1.54, 1.807) is 13.0 Å². The van der Waals surface area contributed by atoms with Gasteiger partial charge in [0.05, 0.1) is 12.6 Å². The van der Waals surface area contributed by atoms with Gasteiger partial charge in [0.15, 0.2) is 6.04 Å².